The predicted molar refractivity (Wildman–Crippen MR) is 108 cm³/mol. The summed E-state index contributed by atoms with van der Waals surface area (Å²) >= 11 is 0. The minimum absolute atomic E-state index is 0.541. The van der Waals surface area contributed by atoms with Crippen molar-refractivity contribution in [3.05, 3.63) is 28.3 Å². The number of hydroxylamine groups is 6. The molecule has 0 spiro atoms. The topological polar surface area (TPSA) is 278 Å². The maximum atomic E-state index is 12.3. The molecule has 1 heterocycles. The van der Waals surface area contributed by atoms with E-state index in [4.69, 9.17) is 39.3 Å². The molecule has 212 valence electrons. The lowest BCUT2D eigenvalue weighted by atomic mass is 9.98. The van der Waals surface area contributed by atoms with E-state index in [1.165, 1.54) is 0 Å². The number of hydrogen-bond acceptors (Lipinski definition) is 16. The number of hydrogen-bond donors (Lipinski definition) is 7. The Bertz CT molecular complexity index is 778. The maximum Gasteiger partial charge on any atom is 0.330 e. The quantitative estimate of drug-likeness (QED) is 0.0437. The van der Waals surface area contributed by atoms with E-state index in [1.807, 2.05) is 0 Å². The zero-order valence-corrected chi connectivity index (χ0v) is 19.3. The molecule has 7 N–H and O–H groups in total. The largest absolute Gasteiger partial charge is 0.600 e. The van der Waals surface area contributed by atoms with Crippen molar-refractivity contribution in [2.75, 3.05) is 26.2 Å². The molecule has 0 aromatic heterocycles. The molecule has 0 radical (unpaired) electrons. The fourth-order valence-electron chi connectivity index (χ4n) is 2.91. The van der Waals surface area contributed by atoms with Crippen LogP contribution in [0.25, 0.3) is 0 Å². The summed E-state index contributed by atoms with van der Waals surface area (Å²) in [5.74, 6) is -4.43. The molecule has 1 rings (SSSR count). The Kier molecular flexibility index (Phi) is 14.0. The molecular weight excluding hydrogens is 514 g/mol. The van der Waals surface area contributed by atoms with E-state index < -0.39 is 116 Å². The van der Waals surface area contributed by atoms with Crippen LogP contribution in [0.2, 0.25) is 0 Å². The van der Waals surface area contributed by atoms with Crippen LogP contribution in [0.15, 0.2) is 12.7 Å². The van der Waals surface area contributed by atoms with E-state index in [2.05, 4.69) is 6.58 Å². The third-order valence-corrected chi connectivity index (χ3v) is 4.60. The Balaban J connectivity index is 3.21. The van der Waals surface area contributed by atoms with Crippen LogP contribution in [0.1, 0.15) is 19.3 Å². The Labute approximate surface area is 208 Å². The van der Waals surface area contributed by atoms with Gasteiger partial charge in [0.1, 0.15) is 32.3 Å². The van der Waals surface area contributed by atoms with Crippen LogP contribution >= 0.6 is 0 Å². The van der Waals surface area contributed by atoms with E-state index in [0.29, 0.717) is 6.08 Å². The van der Waals surface area contributed by atoms with Gasteiger partial charge in [-0.3, -0.25) is 14.4 Å². The van der Waals surface area contributed by atoms with Crippen LogP contribution in [0.5, 0.6) is 0 Å². The zero-order valence-electron chi connectivity index (χ0n) is 19.3. The number of nitrogens with one attached hydrogen (secondary N) is 3. The number of ether oxygens (including phenoxy) is 5. The molecule has 0 bridgehead atoms. The van der Waals surface area contributed by atoms with Gasteiger partial charge in [0.25, 0.3) is 0 Å². The summed E-state index contributed by atoms with van der Waals surface area (Å²) in [5, 5.41) is 64.8. The van der Waals surface area contributed by atoms with Crippen molar-refractivity contribution >= 4 is 23.9 Å². The van der Waals surface area contributed by atoms with Gasteiger partial charge >= 0.3 is 23.9 Å². The smallest absolute Gasteiger partial charge is 0.330 e. The Hall–Kier alpha value is -2.82. The number of carbonyl (C=O) groups excluding carboxylic acids is 4. The van der Waals surface area contributed by atoms with Gasteiger partial charge in [-0.2, -0.15) is 0 Å². The van der Waals surface area contributed by atoms with E-state index >= 15 is 0 Å². The Morgan fingerprint density at radius 1 is 0.784 bits per heavy atom. The van der Waals surface area contributed by atoms with Crippen LogP contribution in [0.4, 0.5) is 0 Å². The van der Waals surface area contributed by atoms with Gasteiger partial charge < -0.3 is 44.4 Å². The Morgan fingerprint density at radius 2 is 1.24 bits per heavy atom. The maximum absolute atomic E-state index is 12.3. The van der Waals surface area contributed by atoms with Crippen molar-refractivity contribution < 1.29 is 79.3 Å². The lowest BCUT2D eigenvalue weighted by molar-refractivity contribution is -1.05. The van der Waals surface area contributed by atoms with Crippen molar-refractivity contribution in [2.45, 2.75) is 50.0 Å². The van der Waals surface area contributed by atoms with Gasteiger partial charge in [0, 0.05) is 6.08 Å². The van der Waals surface area contributed by atoms with Gasteiger partial charge in [0.15, 0.2) is 24.6 Å². The second-order valence-corrected chi connectivity index (χ2v) is 7.44. The molecule has 0 aromatic rings. The molecule has 19 nitrogen and oxygen atoms in total. The summed E-state index contributed by atoms with van der Waals surface area (Å²) < 4.78 is 25.4. The molecule has 1 saturated heterocycles. The van der Waals surface area contributed by atoms with Crippen LogP contribution in [-0.2, 0) is 42.9 Å². The highest BCUT2D eigenvalue weighted by molar-refractivity contribution is 5.81. The van der Waals surface area contributed by atoms with Crippen molar-refractivity contribution in [1.29, 1.82) is 0 Å². The average molecular weight is 543 g/mol. The first kappa shape index (κ1) is 32.2. The van der Waals surface area contributed by atoms with Gasteiger partial charge in [-0.05, 0) is 0 Å². The minimum Gasteiger partial charge on any atom is -0.600 e. The molecule has 0 aromatic carbocycles. The normalized spacial score (nSPS) is 25.8. The third-order valence-electron chi connectivity index (χ3n) is 4.60. The second-order valence-electron chi connectivity index (χ2n) is 7.44. The van der Waals surface area contributed by atoms with Crippen LogP contribution < -0.4 is 15.7 Å². The number of aliphatic hydroxyl groups is 1. The molecule has 0 aliphatic carbocycles. The number of esters is 4. The first-order chi connectivity index (χ1) is 17.3. The molecule has 1 aliphatic heterocycles. The highest BCUT2D eigenvalue weighted by Gasteiger charge is 2.52. The number of rotatable bonds is 15. The first-order valence-electron chi connectivity index (χ1n) is 10.7. The molecule has 8 atom stereocenters. The zero-order chi connectivity index (χ0) is 28.1. The number of quaternary nitrogens is 3. The lowest BCUT2D eigenvalue weighted by Crippen LogP contribution is -3.04. The minimum atomic E-state index is -2.04. The van der Waals surface area contributed by atoms with Crippen molar-refractivity contribution in [3.63, 3.8) is 0 Å². The third kappa shape index (κ3) is 12.3. The van der Waals surface area contributed by atoms with Gasteiger partial charge in [0.05, 0.1) is 19.3 Å². The Morgan fingerprint density at radius 3 is 1.70 bits per heavy atom. The van der Waals surface area contributed by atoms with Crippen LogP contribution in [0.3, 0.4) is 0 Å². The molecular formula is C18H29N3O16. The summed E-state index contributed by atoms with van der Waals surface area (Å²) in [4.78, 5) is 48.2. The fraction of sp³-hybridized carbons (Fsp3) is 0.667. The standard InChI is InChI=1S/C18H29N3O16/c1-2-11(22)35-17-16(37-14(25)5-8-21(31)32)15(36-13(24)4-7-20(29)30)10(34-18(17)26)9-33-12(23)3-6-19(27)28/h2,10,15-21,26-27,29,31H,1,3-9H2. The summed E-state index contributed by atoms with van der Waals surface area (Å²) in [6.45, 7) is 0.538. The average Bonchev–Trinajstić information content (AvgIpc) is 2.82. The molecule has 1 fully saturated rings. The number of carbonyl (C=O) groups is 4. The van der Waals surface area contributed by atoms with E-state index in [0.717, 1.165) is 0 Å². The first-order valence-corrected chi connectivity index (χ1v) is 10.7. The summed E-state index contributed by atoms with van der Waals surface area (Å²) in [5.41, 5.74) is 0. The SMILES string of the molecule is C=CC(=O)OC1C(O)OC(COC(=O)CC[NH+]([O-])O)C(OC(=O)CC[NH+]([O-])O)C1OC(=O)CC[NH+]([O-])O. The second kappa shape index (κ2) is 16.1. The summed E-state index contributed by atoms with van der Waals surface area (Å²) in [7, 11) is 0. The molecule has 1 aliphatic rings. The summed E-state index contributed by atoms with van der Waals surface area (Å²) in [6, 6.07) is 0. The summed E-state index contributed by atoms with van der Waals surface area (Å²) in [6.07, 6.45) is -10.2. The van der Waals surface area contributed by atoms with Gasteiger partial charge in [-0.1, -0.05) is 6.58 Å². The fourth-order valence-corrected chi connectivity index (χ4v) is 2.91. The predicted octanol–water partition coefficient (Wildman–Crippen LogP) is -6.35. The van der Waals surface area contributed by atoms with E-state index in [-0.39, 0.29) is 0 Å². The van der Waals surface area contributed by atoms with Crippen molar-refractivity contribution in [3.8, 4) is 0 Å². The van der Waals surface area contributed by atoms with E-state index in [9.17, 15) is 39.9 Å². The molecule has 8 unspecified atom stereocenters. The van der Waals surface area contributed by atoms with Crippen LogP contribution in [-0.4, -0.2) is 102 Å². The molecule has 19 heteroatoms. The molecule has 0 amide bonds. The van der Waals surface area contributed by atoms with Crippen molar-refractivity contribution in [2.24, 2.45) is 0 Å². The van der Waals surface area contributed by atoms with Gasteiger partial charge in [0.2, 0.25) is 0 Å². The lowest BCUT2D eigenvalue weighted by Gasteiger charge is -2.42. The molecule has 37 heavy (non-hydrogen) atoms. The van der Waals surface area contributed by atoms with Crippen LogP contribution in [0, 0.1) is 15.6 Å². The highest BCUT2D eigenvalue weighted by Crippen LogP contribution is 2.28. The van der Waals surface area contributed by atoms with Crippen molar-refractivity contribution in [1.82, 2.24) is 0 Å². The highest BCUT2D eigenvalue weighted by atomic mass is 16.8. The monoisotopic (exact) mass is 543 g/mol. The van der Waals surface area contributed by atoms with Gasteiger partial charge in [-0.25, -0.2) is 36.1 Å². The van der Waals surface area contributed by atoms with Gasteiger partial charge in [-0.15, -0.1) is 0 Å². The van der Waals surface area contributed by atoms with E-state index in [1.54, 1.807) is 0 Å². The molecule has 0 saturated carbocycles. The number of aliphatic hydroxyl groups excluding tert-OH is 1.